The number of thiazole rings is 1. The predicted octanol–water partition coefficient (Wildman–Crippen LogP) is 3.00. The summed E-state index contributed by atoms with van der Waals surface area (Å²) in [4.78, 5) is 17.3. The molecule has 0 saturated carbocycles. The van der Waals surface area contributed by atoms with Crippen LogP contribution in [0.5, 0.6) is 0 Å². The molecule has 0 saturated heterocycles. The van der Waals surface area contributed by atoms with E-state index in [1.165, 1.54) is 0 Å². The Morgan fingerprint density at radius 1 is 1.33 bits per heavy atom. The maximum Gasteiger partial charge on any atom is 0.251 e. The van der Waals surface area contributed by atoms with Crippen molar-refractivity contribution in [1.29, 1.82) is 0 Å². The Labute approximate surface area is 111 Å². The minimum absolute atomic E-state index is 0.0257. The number of hydrogen-bond donors (Lipinski definition) is 1. The van der Waals surface area contributed by atoms with E-state index in [-0.39, 0.29) is 5.91 Å². The van der Waals surface area contributed by atoms with E-state index < -0.39 is 0 Å². The van der Waals surface area contributed by atoms with E-state index in [9.17, 15) is 4.79 Å². The summed E-state index contributed by atoms with van der Waals surface area (Å²) in [6.07, 6.45) is 1.81. The summed E-state index contributed by atoms with van der Waals surface area (Å²) in [7, 11) is 0. The molecule has 0 spiro atoms. The Morgan fingerprint density at radius 3 is 2.78 bits per heavy atom. The Morgan fingerprint density at radius 2 is 2.11 bits per heavy atom. The molecule has 0 fully saturated rings. The van der Waals surface area contributed by atoms with Crippen molar-refractivity contribution in [3.8, 4) is 0 Å². The number of carbonyl (C=O) groups excluding carboxylic acids is 1. The van der Waals surface area contributed by atoms with Gasteiger partial charge in [0.2, 0.25) is 0 Å². The van der Waals surface area contributed by atoms with Crippen molar-refractivity contribution in [2.24, 2.45) is 0 Å². The maximum absolute atomic E-state index is 12.1. The van der Waals surface area contributed by atoms with Crippen molar-refractivity contribution in [3.05, 3.63) is 51.0 Å². The number of nitrogens with one attached hydrogen (secondary N) is 1. The molecule has 0 radical (unpaired) electrons. The molecule has 3 nitrogen and oxygen atoms in total. The maximum atomic E-state index is 12.1. The Hall–Kier alpha value is -1.68. The topological polar surface area (TPSA) is 42.0 Å². The molecule has 2 rings (SSSR count). The fraction of sp³-hybridized carbons (Fsp3) is 0.286. The van der Waals surface area contributed by atoms with Crippen LogP contribution < -0.4 is 5.32 Å². The standard InChI is InChI=1S/C14H16N2OS/c1-9-4-5-10(2)13(6-9)14(17)16-8-12-7-15-11(3)18-12/h4-7H,8H2,1-3H3,(H,16,17). The van der Waals surface area contributed by atoms with Gasteiger partial charge in [0.25, 0.3) is 5.91 Å². The van der Waals surface area contributed by atoms with Gasteiger partial charge in [0.15, 0.2) is 0 Å². The molecular formula is C14H16N2OS. The van der Waals surface area contributed by atoms with Crippen molar-refractivity contribution in [2.45, 2.75) is 27.3 Å². The molecule has 1 aromatic carbocycles. The number of aryl methyl sites for hydroxylation is 3. The van der Waals surface area contributed by atoms with Crippen molar-refractivity contribution >= 4 is 17.2 Å². The normalized spacial score (nSPS) is 10.4. The number of rotatable bonds is 3. The van der Waals surface area contributed by atoms with Crippen molar-refractivity contribution in [1.82, 2.24) is 10.3 Å². The molecule has 0 aliphatic rings. The minimum Gasteiger partial charge on any atom is -0.347 e. The molecule has 1 aromatic heterocycles. The summed E-state index contributed by atoms with van der Waals surface area (Å²) in [6, 6.07) is 5.91. The molecule has 0 atom stereocenters. The highest BCUT2D eigenvalue weighted by molar-refractivity contribution is 7.11. The summed E-state index contributed by atoms with van der Waals surface area (Å²) in [6.45, 7) is 6.44. The molecule has 1 N–H and O–H groups in total. The van der Waals surface area contributed by atoms with Crippen LogP contribution >= 0.6 is 11.3 Å². The van der Waals surface area contributed by atoms with Crippen molar-refractivity contribution < 1.29 is 4.79 Å². The van der Waals surface area contributed by atoms with Gasteiger partial charge in [0.1, 0.15) is 0 Å². The summed E-state index contributed by atoms with van der Waals surface area (Å²) >= 11 is 1.61. The van der Waals surface area contributed by atoms with Crippen molar-refractivity contribution in [3.63, 3.8) is 0 Å². The zero-order chi connectivity index (χ0) is 13.1. The lowest BCUT2D eigenvalue weighted by Gasteiger charge is -2.07. The molecule has 0 aliphatic carbocycles. The van der Waals surface area contributed by atoms with Gasteiger partial charge in [0.05, 0.1) is 11.6 Å². The minimum atomic E-state index is -0.0257. The van der Waals surface area contributed by atoms with Crippen LogP contribution in [-0.4, -0.2) is 10.9 Å². The van der Waals surface area contributed by atoms with Gasteiger partial charge in [-0.05, 0) is 32.4 Å². The van der Waals surface area contributed by atoms with E-state index in [0.29, 0.717) is 6.54 Å². The van der Waals surface area contributed by atoms with Gasteiger partial charge >= 0.3 is 0 Å². The van der Waals surface area contributed by atoms with Gasteiger partial charge in [0, 0.05) is 16.6 Å². The third-order valence-corrected chi connectivity index (χ3v) is 3.64. The lowest BCUT2D eigenvalue weighted by atomic mass is 10.1. The van der Waals surface area contributed by atoms with Gasteiger partial charge in [-0.3, -0.25) is 4.79 Å². The number of hydrogen-bond acceptors (Lipinski definition) is 3. The monoisotopic (exact) mass is 260 g/mol. The third-order valence-electron chi connectivity index (χ3n) is 2.73. The fourth-order valence-corrected chi connectivity index (χ4v) is 2.46. The van der Waals surface area contributed by atoms with Crippen LogP contribution in [0, 0.1) is 20.8 Å². The Kier molecular flexibility index (Phi) is 3.77. The lowest BCUT2D eigenvalue weighted by molar-refractivity contribution is 0.0950. The van der Waals surface area contributed by atoms with E-state index in [1.807, 2.05) is 45.2 Å². The van der Waals surface area contributed by atoms with E-state index in [0.717, 1.165) is 26.6 Å². The molecule has 0 aliphatic heterocycles. The molecule has 0 unspecified atom stereocenters. The summed E-state index contributed by atoms with van der Waals surface area (Å²) in [5, 5.41) is 3.95. The van der Waals surface area contributed by atoms with E-state index >= 15 is 0 Å². The number of carbonyl (C=O) groups is 1. The van der Waals surface area contributed by atoms with Crippen LogP contribution in [0.4, 0.5) is 0 Å². The summed E-state index contributed by atoms with van der Waals surface area (Å²) < 4.78 is 0. The number of benzene rings is 1. The van der Waals surface area contributed by atoms with Crippen LogP contribution in [0.3, 0.4) is 0 Å². The largest absolute Gasteiger partial charge is 0.347 e. The lowest BCUT2D eigenvalue weighted by Crippen LogP contribution is -2.23. The highest BCUT2D eigenvalue weighted by Crippen LogP contribution is 2.13. The van der Waals surface area contributed by atoms with Gasteiger partial charge in [-0.25, -0.2) is 4.98 Å². The van der Waals surface area contributed by atoms with Gasteiger partial charge in [-0.2, -0.15) is 0 Å². The predicted molar refractivity (Wildman–Crippen MR) is 73.9 cm³/mol. The molecule has 0 bridgehead atoms. The number of nitrogens with zero attached hydrogens (tertiary/aromatic N) is 1. The van der Waals surface area contributed by atoms with E-state index in [2.05, 4.69) is 10.3 Å². The first-order valence-corrected chi connectivity index (χ1v) is 6.64. The van der Waals surface area contributed by atoms with Gasteiger partial charge < -0.3 is 5.32 Å². The van der Waals surface area contributed by atoms with Crippen molar-refractivity contribution in [2.75, 3.05) is 0 Å². The number of aromatic nitrogens is 1. The smallest absolute Gasteiger partial charge is 0.251 e. The SMILES string of the molecule is Cc1ccc(C)c(C(=O)NCc2cnc(C)s2)c1. The molecule has 1 heterocycles. The molecular weight excluding hydrogens is 244 g/mol. The fourth-order valence-electron chi connectivity index (χ4n) is 1.73. The van der Waals surface area contributed by atoms with Crippen LogP contribution in [0.15, 0.2) is 24.4 Å². The Balaban J connectivity index is 2.05. The van der Waals surface area contributed by atoms with Crippen LogP contribution in [0.1, 0.15) is 31.4 Å². The van der Waals surface area contributed by atoms with Gasteiger partial charge in [-0.1, -0.05) is 17.7 Å². The zero-order valence-electron chi connectivity index (χ0n) is 10.8. The third kappa shape index (κ3) is 2.96. The summed E-state index contributed by atoms with van der Waals surface area (Å²) in [5.41, 5.74) is 2.84. The first-order valence-electron chi connectivity index (χ1n) is 5.83. The van der Waals surface area contributed by atoms with Gasteiger partial charge in [-0.15, -0.1) is 11.3 Å². The first kappa shape index (κ1) is 12.8. The van der Waals surface area contributed by atoms with Crippen LogP contribution in [-0.2, 0) is 6.54 Å². The second kappa shape index (κ2) is 5.31. The molecule has 18 heavy (non-hydrogen) atoms. The Bertz CT molecular complexity index is 575. The zero-order valence-corrected chi connectivity index (χ0v) is 11.6. The average Bonchev–Trinajstić information content (AvgIpc) is 2.75. The first-order chi connectivity index (χ1) is 8.56. The van der Waals surface area contributed by atoms with E-state index in [1.54, 1.807) is 11.3 Å². The molecule has 4 heteroatoms. The summed E-state index contributed by atoms with van der Waals surface area (Å²) in [5.74, 6) is -0.0257. The molecule has 1 amide bonds. The molecule has 94 valence electrons. The highest BCUT2D eigenvalue weighted by Gasteiger charge is 2.09. The second-order valence-electron chi connectivity index (χ2n) is 4.35. The van der Waals surface area contributed by atoms with E-state index in [4.69, 9.17) is 0 Å². The van der Waals surface area contributed by atoms with Crippen LogP contribution in [0.25, 0.3) is 0 Å². The van der Waals surface area contributed by atoms with Crippen LogP contribution in [0.2, 0.25) is 0 Å². The number of amides is 1. The molecule has 2 aromatic rings. The highest BCUT2D eigenvalue weighted by atomic mass is 32.1. The average molecular weight is 260 g/mol. The second-order valence-corrected chi connectivity index (χ2v) is 5.67. The quantitative estimate of drug-likeness (QED) is 0.921.